The van der Waals surface area contributed by atoms with Crippen molar-refractivity contribution in [3.8, 4) is 0 Å². The van der Waals surface area contributed by atoms with Crippen LogP contribution in [0.15, 0.2) is 84.9 Å². The molecule has 0 aliphatic heterocycles. The van der Waals surface area contributed by atoms with Gasteiger partial charge in [-0.05, 0) is 48.9 Å². The summed E-state index contributed by atoms with van der Waals surface area (Å²) in [6.07, 6.45) is 0. The van der Waals surface area contributed by atoms with Gasteiger partial charge < -0.3 is 10.0 Å². The summed E-state index contributed by atoms with van der Waals surface area (Å²) in [5.41, 5.74) is 3.56. The number of hydrogen-bond donors (Lipinski definition) is 1. The van der Waals surface area contributed by atoms with Crippen LogP contribution in [-0.4, -0.2) is 11.1 Å². The minimum atomic E-state index is -0.905. The van der Waals surface area contributed by atoms with E-state index in [0.717, 1.165) is 16.9 Å². The quantitative estimate of drug-likeness (QED) is 0.695. The number of hydrogen-bond acceptors (Lipinski definition) is 2. The van der Waals surface area contributed by atoms with Gasteiger partial charge >= 0.3 is 5.97 Å². The Labute approximate surface area is 141 Å². The Balaban J connectivity index is 2.00. The summed E-state index contributed by atoms with van der Waals surface area (Å²) < 4.78 is 0. The van der Waals surface area contributed by atoms with Gasteiger partial charge in [0.15, 0.2) is 0 Å². The van der Waals surface area contributed by atoms with Crippen LogP contribution in [0.3, 0.4) is 0 Å². The van der Waals surface area contributed by atoms with Crippen LogP contribution < -0.4 is 4.90 Å². The fraction of sp³-hybridized carbons (Fsp3) is 0.0952. The third-order valence-corrected chi connectivity index (χ3v) is 4.10. The Hall–Kier alpha value is -3.07. The topological polar surface area (TPSA) is 40.5 Å². The monoisotopic (exact) mass is 317 g/mol. The summed E-state index contributed by atoms with van der Waals surface area (Å²) in [6, 6.07) is 27.5. The molecule has 0 spiro atoms. The molecule has 0 aliphatic rings. The number of nitrogens with zero attached hydrogens (tertiary/aromatic N) is 1. The lowest BCUT2D eigenvalue weighted by molar-refractivity contribution is 0.0697. The standard InChI is InChI=1S/C21H19NO2/c1-16(17-12-14-18(15-13-17)21(23)24)22(19-8-4-2-5-9-19)20-10-6-3-7-11-20/h2-16H,1H3,(H,23,24). The van der Waals surface area contributed by atoms with Crippen LogP contribution in [0.25, 0.3) is 0 Å². The highest BCUT2D eigenvalue weighted by Crippen LogP contribution is 2.34. The normalized spacial score (nSPS) is 11.7. The van der Waals surface area contributed by atoms with E-state index >= 15 is 0 Å². The summed E-state index contributed by atoms with van der Waals surface area (Å²) in [5, 5.41) is 9.07. The fourth-order valence-electron chi connectivity index (χ4n) is 2.83. The van der Waals surface area contributed by atoms with Gasteiger partial charge in [-0.1, -0.05) is 48.5 Å². The van der Waals surface area contributed by atoms with Crippen LogP contribution in [0.4, 0.5) is 11.4 Å². The third kappa shape index (κ3) is 3.30. The van der Waals surface area contributed by atoms with Gasteiger partial charge in [-0.2, -0.15) is 0 Å². The van der Waals surface area contributed by atoms with Crippen molar-refractivity contribution in [2.45, 2.75) is 13.0 Å². The van der Waals surface area contributed by atoms with E-state index in [9.17, 15) is 4.79 Å². The molecule has 3 heteroatoms. The second kappa shape index (κ2) is 7.01. The highest BCUT2D eigenvalue weighted by Gasteiger charge is 2.18. The van der Waals surface area contributed by atoms with Crippen molar-refractivity contribution in [3.05, 3.63) is 96.1 Å². The largest absolute Gasteiger partial charge is 0.478 e. The molecule has 3 aromatic carbocycles. The second-order valence-electron chi connectivity index (χ2n) is 5.64. The molecule has 0 fully saturated rings. The molecule has 1 unspecified atom stereocenters. The van der Waals surface area contributed by atoms with Crippen LogP contribution in [0.5, 0.6) is 0 Å². The van der Waals surface area contributed by atoms with E-state index in [0.29, 0.717) is 5.56 Å². The Morgan fingerprint density at radius 3 is 1.67 bits per heavy atom. The van der Waals surface area contributed by atoms with Gasteiger partial charge in [-0.25, -0.2) is 4.79 Å². The van der Waals surface area contributed by atoms with Gasteiger partial charge in [0.1, 0.15) is 0 Å². The summed E-state index contributed by atoms with van der Waals surface area (Å²) in [4.78, 5) is 13.3. The van der Waals surface area contributed by atoms with E-state index in [1.807, 2.05) is 48.5 Å². The first-order valence-electron chi connectivity index (χ1n) is 7.89. The SMILES string of the molecule is CC(c1ccc(C(=O)O)cc1)N(c1ccccc1)c1ccccc1. The molecule has 0 saturated heterocycles. The van der Waals surface area contributed by atoms with E-state index < -0.39 is 5.97 Å². The predicted octanol–water partition coefficient (Wildman–Crippen LogP) is 5.28. The van der Waals surface area contributed by atoms with Gasteiger partial charge in [-0.3, -0.25) is 0 Å². The number of rotatable bonds is 5. The third-order valence-electron chi connectivity index (χ3n) is 4.10. The van der Waals surface area contributed by atoms with Gasteiger partial charge in [0.25, 0.3) is 0 Å². The van der Waals surface area contributed by atoms with Crippen LogP contribution in [0, 0.1) is 0 Å². The number of carboxylic acids is 1. The zero-order valence-electron chi connectivity index (χ0n) is 13.5. The van der Waals surface area contributed by atoms with Crippen LogP contribution in [0.1, 0.15) is 28.9 Å². The molecule has 120 valence electrons. The fourth-order valence-corrected chi connectivity index (χ4v) is 2.83. The van der Waals surface area contributed by atoms with E-state index in [4.69, 9.17) is 5.11 Å². The average Bonchev–Trinajstić information content (AvgIpc) is 2.64. The second-order valence-corrected chi connectivity index (χ2v) is 5.64. The molecule has 0 heterocycles. The highest BCUT2D eigenvalue weighted by atomic mass is 16.4. The number of para-hydroxylation sites is 2. The predicted molar refractivity (Wildman–Crippen MR) is 96.8 cm³/mol. The summed E-state index contributed by atoms with van der Waals surface area (Å²) >= 11 is 0. The summed E-state index contributed by atoms with van der Waals surface area (Å²) in [6.45, 7) is 2.12. The lowest BCUT2D eigenvalue weighted by Crippen LogP contribution is -2.21. The molecule has 3 nitrogen and oxygen atoms in total. The molecule has 0 saturated carbocycles. The van der Waals surface area contributed by atoms with Crippen molar-refractivity contribution >= 4 is 17.3 Å². The minimum absolute atomic E-state index is 0.0673. The first-order chi connectivity index (χ1) is 11.7. The minimum Gasteiger partial charge on any atom is -0.478 e. The van der Waals surface area contributed by atoms with Crippen molar-refractivity contribution in [1.29, 1.82) is 0 Å². The maximum absolute atomic E-state index is 11.0. The molecule has 1 atom stereocenters. The number of carbonyl (C=O) groups is 1. The molecule has 0 amide bonds. The van der Waals surface area contributed by atoms with Crippen molar-refractivity contribution < 1.29 is 9.90 Å². The maximum Gasteiger partial charge on any atom is 0.335 e. The molecule has 0 bridgehead atoms. The van der Waals surface area contributed by atoms with Crippen molar-refractivity contribution in [2.24, 2.45) is 0 Å². The molecule has 3 aromatic rings. The van der Waals surface area contributed by atoms with Crippen LogP contribution in [-0.2, 0) is 0 Å². The first kappa shape index (κ1) is 15.8. The first-order valence-corrected chi connectivity index (χ1v) is 7.89. The Morgan fingerprint density at radius 2 is 1.25 bits per heavy atom. The van der Waals surface area contributed by atoms with Gasteiger partial charge in [0.05, 0.1) is 11.6 Å². The zero-order chi connectivity index (χ0) is 16.9. The van der Waals surface area contributed by atoms with Crippen LogP contribution >= 0.6 is 0 Å². The van der Waals surface area contributed by atoms with E-state index in [2.05, 4.69) is 36.1 Å². The number of anilines is 2. The Morgan fingerprint density at radius 1 is 0.792 bits per heavy atom. The molecule has 0 radical (unpaired) electrons. The lowest BCUT2D eigenvalue weighted by atomic mass is 10.0. The van der Waals surface area contributed by atoms with Crippen molar-refractivity contribution in [2.75, 3.05) is 4.90 Å². The molecular formula is C21H19NO2. The molecule has 1 N–H and O–H groups in total. The average molecular weight is 317 g/mol. The Kier molecular flexibility index (Phi) is 4.62. The van der Waals surface area contributed by atoms with Crippen molar-refractivity contribution in [3.63, 3.8) is 0 Å². The van der Waals surface area contributed by atoms with Gasteiger partial charge in [0, 0.05) is 11.4 Å². The van der Waals surface area contributed by atoms with Gasteiger partial charge in [0.2, 0.25) is 0 Å². The van der Waals surface area contributed by atoms with Crippen molar-refractivity contribution in [1.82, 2.24) is 0 Å². The molecule has 0 aliphatic carbocycles. The zero-order valence-corrected chi connectivity index (χ0v) is 13.5. The van der Waals surface area contributed by atoms with Crippen LogP contribution in [0.2, 0.25) is 0 Å². The van der Waals surface area contributed by atoms with Gasteiger partial charge in [-0.15, -0.1) is 0 Å². The Bertz CT molecular complexity index is 759. The summed E-state index contributed by atoms with van der Waals surface area (Å²) in [7, 11) is 0. The molecular weight excluding hydrogens is 298 g/mol. The molecule has 0 aromatic heterocycles. The maximum atomic E-state index is 11.0. The smallest absolute Gasteiger partial charge is 0.335 e. The highest BCUT2D eigenvalue weighted by molar-refractivity contribution is 5.87. The summed E-state index contributed by atoms with van der Waals surface area (Å²) in [5.74, 6) is -0.905. The molecule has 3 rings (SSSR count). The number of carboxylic acid groups (broad SMARTS) is 1. The number of benzene rings is 3. The van der Waals surface area contributed by atoms with E-state index in [1.54, 1.807) is 12.1 Å². The molecule has 24 heavy (non-hydrogen) atoms. The number of aromatic carboxylic acids is 1. The lowest BCUT2D eigenvalue weighted by Gasteiger charge is -2.32. The van der Waals surface area contributed by atoms with E-state index in [-0.39, 0.29) is 6.04 Å². The van der Waals surface area contributed by atoms with E-state index in [1.165, 1.54) is 0 Å².